The number of rotatable bonds is 4. The lowest BCUT2D eigenvalue weighted by atomic mass is 10.1. The Morgan fingerprint density at radius 1 is 1.21 bits per heavy atom. The summed E-state index contributed by atoms with van der Waals surface area (Å²) in [5, 5.41) is 11.6. The van der Waals surface area contributed by atoms with Gasteiger partial charge in [-0.2, -0.15) is 13.2 Å². The minimum atomic E-state index is -5.10. The lowest BCUT2D eigenvalue weighted by Crippen LogP contribution is -2.26. The monoisotopic (exact) mass is 353 g/mol. The van der Waals surface area contributed by atoms with E-state index in [1.54, 1.807) is 29.6 Å². The van der Waals surface area contributed by atoms with E-state index in [-0.39, 0.29) is 4.88 Å². The Morgan fingerprint density at radius 2 is 1.92 bits per heavy atom. The Morgan fingerprint density at radius 3 is 2.46 bits per heavy atom. The maximum atomic E-state index is 12.8. The van der Waals surface area contributed by atoms with Crippen LogP contribution < -0.4 is 0 Å². The van der Waals surface area contributed by atoms with Gasteiger partial charge in [0.25, 0.3) is 5.78 Å². The van der Waals surface area contributed by atoms with Gasteiger partial charge in [0.1, 0.15) is 5.76 Å². The number of aliphatic imine (C=N–C) groups is 1. The highest BCUT2D eigenvalue weighted by Crippen LogP contribution is 2.27. The number of ketones is 1. The van der Waals surface area contributed by atoms with Crippen molar-refractivity contribution in [2.45, 2.75) is 20.0 Å². The molecule has 0 saturated carbocycles. The van der Waals surface area contributed by atoms with E-state index in [2.05, 4.69) is 4.99 Å². The first-order chi connectivity index (χ1) is 11.2. The van der Waals surface area contributed by atoms with Crippen molar-refractivity contribution >= 4 is 34.8 Å². The molecule has 0 aliphatic rings. The van der Waals surface area contributed by atoms with Crippen molar-refractivity contribution in [1.82, 2.24) is 0 Å². The number of thiophene rings is 1. The molecule has 0 fully saturated rings. The summed E-state index contributed by atoms with van der Waals surface area (Å²) in [4.78, 5) is 15.7. The molecule has 1 aromatic carbocycles. The van der Waals surface area contributed by atoms with E-state index >= 15 is 0 Å². The molecule has 2 rings (SSSR count). The van der Waals surface area contributed by atoms with E-state index in [4.69, 9.17) is 0 Å². The predicted molar refractivity (Wildman–Crippen MR) is 89.0 cm³/mol. The molecule has 24 heavy (non-hydrogen) atoms. The smallest absolute Gasteiger partial charge is 0.455 e. The molecule has 126 valence electrons. The summed E-state index contributed by atoms with van der Waals surface area (Å²) in [6.45, 7) is 3.74. The maximum absolute atomic E-state index is 12.8. The lowest BCUT2D eigenvalue weighted by Gasteiger charge is -2.08. The molecule has 0 aliphatic carbocycles. The average molecular weight is 353 g/mol. The van der Waals surface area contributed by atoms with Crippen LogP contribution in [0.4, 0.5) is 18.9 Å². The van der Waals surface area contributed by atoms with Gasteiger partial charge in [-0.05, 0) is 48.6 Å². The molecule has 1 heterocycles. The van der Waals surface area contributed by atoms with E-state index in [1.165, 1.54) is 6.07 Å². The van der Waals surface area contributed by atoms with Gasteiger partial charge >= 0.3 is 6.18 Å². The topological polar surface area (TPSA) is 49.7 Å². The highest BCUT2D eigenvalue weighted by atomic mass is 32.1. The average Bonchev–Trinajstić information content (AvgIpc) is 3.04. The first kappa shape index (κ1) is 17.9. The number of aryl methyl sites for hydroxylation is 2. The molecule has 0 amide bonds. The number of nitrogens with zero attached hydrogens (tertiary/aromatic N) is 1. The molecule has 2 aromatic rings. The van der Waals surface area contributed by atoms with Gasteiger partial charge in [0.2, 0.25) is 0 Å². The Bertz CT molecular complexity index is 806. The van der Waals surface area contributed by atoms with Crippen LogP contribution in [-0.2, 0) is 4.79 Å². The SMILES string of the molecule is Cc1ccc(N=CC(C(=O)C(F)(F)F)=C(O)c2cccs2)cc1C. The van der Waals surface area contributed by atoms with Crippen molar-refractivity contribution in [3.8, 4) is 0 Å². The van der Waals surface area contributed by atoms with Gasteiger partial charge in [0, 0.05) is 6.21 Å². The highest BCUT2D eigenvalue weighted by Gasteiger charge is 2.41. The second kappa shape index (κ2) is 7.00. The molecule has 0 spiro atoms. The summed E-state index contributed by atoms with van der Waals surface area (Å²) in [5.74, 6) is -2.87. The summed E-state index contributed by atoms with van der Waals surface area (Å²) in [7, 11) is 0. The number of Topliss-reactive ketones (excluding diaryl/α,β-unsaturated/α-hetero) is 1. The van der Waals surface area contributed by atoms with Gasteiger partial charge in [-0.15, -0.1) is 11.3 Å². The number of alkyl halides is 3. The standard InChI is InChI=1S/C17H14F3NO2S/c1-10-5-6-12(8-11(10)2)21-9-13(16(23)17(18,19)20)15(22)14-4-3-7-24-14/h3-9,22H,1-2H3. The molecule has 1 aromatic heterocycles. The summed E-state index contributed by atoms with van der Waals surface area (Å²) in [5.41, 5.74) is 1.44. The van der Waals surface area contributed by atoms with Crippen molar-refractivity contribution < 1.29 is 23.1 Å². The van der Waals surface area contributed by atoms with Crippen molar-refractivity contribution in [2.75, 3.05) is 0 Å². The number of aliphatic hydroxyl groups excluding tert-OH is 1. The van der Waals surface area contributed by atoms with E-state index in [0.717, 1.165) is 28.7 Å². The first-order valence-corrected chi connectivity index (χ1v) is 7.78. The van der Waals surface area contributed by atoms with E-state index in [9.17, 15) is 23.1 Å². The minimum Gasteiger partial charge on any atom is -0.506 e. The summed E-state index contributed by atoms with van der Waals surface area (Å²) in [6.07, 6.45) is -4.34. The number of carbonyl (C=O) groups is 1. The van der Waals surface area contributed by atoms with Crippen LogP contribution in [0.15, 0.2) is 46.3 Å². The van der Waals surface area contributed by atoms with Crippen LogP contribution in [0.3, 0.4) is 0 Å². The molecule has 0 aliphatic heterocycles. The largest absolute Gasteiger partial charge is 0.506 e. The molecular formula is C17H14F3NO2S. The summed E-state index contributed by atoms with van der Waals surface area (Å²) in [6, 6.07) is 8.07. The quantitative estimate of drug-likeness (QED) is 0.468. The third-order valence-electron chi connectivity index (χ3n) is 3.34. The maximum Gasteiger partial charge on any atom is 0.455 e. The first-order valence-electron chi connectivity index (χ1n) is 6.90. The van der Waals surface area contributed by atoms with Crippen molar-refractivity contribution in [3.05, 3.63) is 57.3 Å². The molecule has 0 radical (unpaired) electrons. The summed E-state index contributed by atoms with van der Waals surface area (Å²) >= 11 is 1.02. The fourth-order valence-electron chi connectivity index (χ4n) is 1.87. The zero-order valence-corrected chi connectivity index (χ0v) is 13.7. The van der Waals surface area contributed by atoms with Crippen molar-refractivity contribution in [1.29, 1.82) is 0 Å². The third kappa shape index (κ3) is 4.11. The van der Waals surface area contributed by atoms with E-state index in [1.807, 2.05) is 13.8 Å². The van der Waals surface area contributed by atoms with Gasteiger partial charge in [-0.1, -0.05) is 12.1 Å². The molecule has 0 atom stereocenters. The Kier molecular flexibility index (Phi) is 5.23. The van der Waals surface area contributed by atoms with Gasteiger partial charge < -0.3 is 5.11 Å². The Labute approximate surface area is 140 Å². The lowest BCUT2D eigenvalue weighted by molar-refractivity contribution is -0.165. The van der Waals surface area contributed by atoms with Gasteiger partial charge in [0.05, 0.1) is 16.1 Å². The predicted octanol–water partition coefficient (Wildman–Crippen LogP) is 5.17. The molecule has 0 unspecified atom stereocenters. The van der Waals surface area contributed by atoms with Crippen LogP contribution in [0.5, 0.6) is 0 Å². The molecule has 1 N–H and O–H groups in total. The molecule has 0 bridgehead atoms. The highest BCUT2D eigenvalue weighted by molar-refractivity contribution is 7.11. The number of benzene rings is 1. The van der Waals surface area contributed by atoms with Crippen LogP contribution in [0.1, 0.15) is 16.0 Å². The fourth-order valence-corrected chi connectivity index (χ4v) is 2.55. The van der Waals surface area contributed by atoms with Crippen LogP contribution in [0, 0.1) is 13.8 Å². The number of aliphatic hydroxyl groups is 1. The number of carbonyl (C=O) groups excluding carboxylic acids is 1. The van der Waals surface area contributed by atoms with Crippen molar-refractivity contribution in [3.63, 3.8) is 0 Å². The van der Waals surface area contributed by atoms with Gasteiger partial charge in [0.15, 0.2) is 0 Å². The van der Waals surface area contributed by atoms with Crippen LogP contribution in [0.25, 0.3) is 5.76 Å². The van der Waals surface area contributed by atoms with Crippen LogP contribution >= 0.6 is 11.3 Å². The number of halogens is 3. The zero-order chi connectivity index (χ0) is 17.9. The molecule has 3 nitrogen and oxygen atoms in total. The molecule has 7 heteroatoms. The third-order valence-corrected chi connectivity index (χ3v) is 4.22. The number of hydrogen-bond acceptors (Lipinski definition) is 4. The molecule has 0 saturated heterocycles. The normalized spacial score (nSPS) is 13.2. The summed E-state index contributed by atoms with van der Waals surface area (Å²) < 4.78 is 38.4. The second-order valence-corrected chi connectivity index (χ2v) is 6.04. The van der Waals surface area contributed by atoms with Crippen molar-refractivity contribution in [2.24, 2.45) is 4.99 Å². The Hall–Kier alpha value is -2.41. The number of allylic oxidation sites excluding steroid dienone is 1. The Balaban J connectivity index is 2.47. The van der Waals surface area contributed by atoms with E-state index in [0.29, 0.717) is 5.69 Å². The van der Waals surface area contributed by atoms with Crippen LogP contribution in [-0.4, -0.2) is 23.3 Å². The second-order valence-electron chi connectivity index (χ2n) is 5.09. The van der Waals surface area contributed by atoms with Crippen LogP contribution in [0.2, 0.25) is 0 Å². The van der Waals surface area contributed by atoms with Gasteiger partial charge in [-0.3, -0.25) is 9.79 Å². The number of hydrogen-bond donors (Lipinski definition) is 1. The zero-order valence-electron chi connectivity index (χ0n) is 12.9. The fraction of sp³-hybridized carbons (Fsp3) is 0.176. The minimum absolute atomic E-state index is 0.161. The molecular weight excluding hydrogens is 339 g/mol. The van der Waals surface area contributed by atoms with E-state index < -0.39 is 23.3 Å². The van der Waals surface area contributed by atoms with Gasteiger partial charge in [-0.25, -0.2) is 0 Å².